The van der Waals surface area contributed by atoms with E-state index in [0.717, 1.165) is 12.8 Å². The Hall–Kier alpha value is -1.01. The third kappa shape index (κ3) is 12.1. The van der Waals surface area contributed by atoms with Crippen LogP contribution in [0, 0.1) is 23.3 Å². The van der Waals surface area contributed by atoms with Gasteiger partial charge >= 0.3 is 0 Å². The molecule has 1 atom stereocenters. The molecular weight excluding hydrogens is 336 g/mol. The Morgan fingerprint density at radius 3 is 2.16 bits per heavy atom. The molecule has 0 bridgehead atoms. The van der Waals surface area contributed by atoms with Crippen molar-refractivity contribution < 1.29 is 4.43 Å². The van der Waals surface area contributed by atoms with Gasteiger partial charge in [-0.1, -0.05) is 77.2 Å². The normalized spacial score (nSPS) is 14.1. The van der Waals surface area contributed by atoms with Crippen LogP contribution in [0.4, 0.5) is 0 Å². The van der Waals surface area contributed by atoms with Gasteiger partial charge in [0.25, 0.3) is 0 Å². The zero-order valence-electron chi connectivity index (χ0n) is 17.9. The lowest BCUT2D eigenvalue weighted by molar-refractivity contribution is 0.228. The highest BCUT2D eigenvalue weighted by Crippen LogP contribution is 2.37. The van der Waals surface area contributed by atoms with Crippen molar-refractivity contribution in [3.8, 4) is 23.3 Å². The van der Waals surface area contributed by atoms with Crippen LogP contribution in [0.5, 0.6) is 0 Å². The molecule has 1 unspecified atom stereocenters. The van der Waals surface area contributed by atoms with Crippen LogP contribution in [-0.4, -0.2) is 22.5 Å². The average Bonchev–Trinajstić information content (AvgIpc) is 2.43. The lowest BCUT2D eigenvalue weighted by atomic mass is 10.2. The summed E-state index contributed by atoms with van der Waals surface area (Å²) in [5, 5.41) is 0.214. The Kier molecular flexibility index (Phi) is 10.4. The van der Waals surface area contributed by atoms with E-state index in [9.17, 15) is 0 Å². The van der Waals surface area contributed by atoms with Crippen molar-refractivity contribution >= 4 is 16.4 Å². The van der Waals surface area contributed by atoms with E-state index in [-0.39, 0.29) is 11.1 Å². The summed E-state index contributed by atoms with van der Waals surface area (Å²) in [6.45, 7) is 20.3. The zero-order chi connectivity index (χ0) is 19.6. The summed E-state index contributed by atoms with van der Waals surface area (Å²) >= 11 is 0. The van der Waals surface area contributed by atoms with Gasteiger partial charge in [-0.15, -0.1) is 5.54 Å². The van der Waals surface area contributed by atoms with Gasteiger partial charge in [0.2, 0.25) is 0 Å². The van der Waals surface area contributed by atoms with E-state index >= 15 is 0 Å². The molecule has 0 N–H and O–H groups in total. The third-order valence-corrected chi connectivity index (χ3v) is 9.59. The standard InChI is InChI=1S/C22H38OSi2/c1-10-11-15-18-21(23-25(8,9)22(2,3)4)19-16-13-12-14-17-20-24(5,6)7/h11,15-16,19,21H,10,14,18H2,1-9H3. The maximum atomic E-state index is 6.53. The molecule has 1 nitrogen and oxygen atoms in total. The van der Waals surface area contributed by atoms with Crippen LogP contribution in [0.3, 0.4) is 0 Å². The molecule has 0 aliphatic carbocycles. The minimum absolute atomic E-state index is 0.103. The minimum Gasteiger partial charge on any atom is -0.410 e. The van der Waals surface area contributed by atoms with Gasteiger partial charge in [-0.3, -0.25) is 0 Å². The molecule has 25 heavy (non-hydrogen) atoms. The van der Waals surface area contributed by atoms with E-state index in [1.54, 1.807) is 0 Å². The monoisotopic (exact) mass is 374 g/mol. The van der Waals surface area contributed by atoms with E-state index in [1.165, 1.54) is 0 Å². The Balaban J connectivity index is 4.90. The van der Waals surface area contributed by atoms with Crippen LogP contribution < -0.4 is 0 Å². The molecule has 0 saturated heterocycles. The number of allylic oxidation sites excluding steroid dienone is 2. The van der Waals surface area contributed by atoms with Crippen LogP contribution in [0.1, 0.15) is 47.0 Å². The molecule has 0 aromatic heterocycles. The molecular formula is C22H38OSi2. The summed E-state index contributed by atoms with van der Waals surface area (Å²) in [7, 11) is -3.06. The van der Waals surface area contributed by atoms with E-state index < -0.39 is 16.4 Å². The Morgan fingerprint density at radius 1 is 1.00 bits per heavy atom. The van der Waals surface area contributed by atoms with Gasteiger partial charge in [0.1, 0.15) is 8.07 Å². The third-order valence-electron chi connectivity index (χ3n) is 4.16. The second kappa shape index (κ2) is 10.9. The summed E-state index contributed by atoms with van der Waals surface area (Å²) < 4.78 is 6.53. The second-order valence-electron chi connectivity index (χ2n) is 8.94. The largest absolute Gasteiger partial charge is 0.410 e. The smallest absolute Gasteiger partial charge is 0.192 e. The van der Waals surface area contributed by atoms with Crippen LogP contribution in [0.15, 0.2) is 24.3 Å². The highest BCUT2D eigenvalue weighted by Gasteiger charge is 2.38. The Labute approximate surface area is 159 Å². The fourth-order valence-electron chi connectivity index (χ4n) is 1.74. The molecule has 140 valence electrons. The van der Waals surface area contributed by atoms with Gasteiger partial charge in [0.05, 0.1) is 12.5 Å². The first-order valence-corrected chi connectivity index (χ1v) is 15.8. The zero-order valence-corrected chi connectivity index (χ0v) is 19.9. The van der Waals surface area contributed by atoms with Crippen molar-refractivity contribution in [3.63, 3.8) is 0 Å². The Morgan fingerprint density at radius 2 is 1.64 bits per heavy atom. The van der Waals surface area contributed by atoms with Crippen LogP contribution in [0.25, 0.3) is 0 Å². The van der Waals surface area contributed by atoms with Gasteiger partial charge in [-0.2, -0.15) is 0 Å². The summed E-state index contributed by atoms with van der Waals surface area (Å²) in [6.07, 6.45) is 11.2. The predicted octanol–water partition coefficient (Wildman–Crippen LogP) is 6.56. The van der Waals surface area contributed by atoms with Gasteiger partial charge in [-0.05, 0) is 43.1 Å². The van der Waals surface area contributed by atoms with Crippen molar-refractivity contribution in [2.24, 2.45) is 0 Å². The van der Waals surface area contributed by atoms with E-state index in [2.05, 4.69) is 102 Å². The first kappa shape index (κ1) is 24.0. The van der Waals surface area contributed by atoms with E-state index in [1.807, 2.05) is 6.08 Å². The number of rotatable bonds is 6. The molecule has 0 aliphatic heterocycles. The van der Waals surface area contributed by atoms with Gasteiger partial charge in [0.15, 0.2) is 8.32 Å². The average molecular weight is 375 g/mol. The molecule has 3 heteroatoms. The first-order chi connectivity index (χ1) is 11.4. The number of hydrogen-bond acceptors (Lipinski definition) is 1. The van der Waals surface area contributed by atoms with Gasteiger partial charge in [-0.25, -0.2) is 0 Å². The maximum Gasteiger partial charge on any atom is 0.192 e. The van der Waals surface area contributed by atoms with Crippen LogP contribution in [0.2, 0.25) is 37.8 Å². The number of hydrogen-bond donors (Lipinski definition) is 0. The molecule has 0 aromatic rings. The molecule has 0 saturated carbocycles. The molecule has 0 amide bonds. The summed E-state index contributed by atoms with van der Waals surface area (Å²) in [4.78, 5) is 0. The topological polar surface area (TPSA) is 9.23 Å². The lowest BCUT2D eigenvalue weighted by Gasteiger charge is -2.38. The SMILES string of the molecule is CCC=CCC(C=CC#CCC#C[Si](C)(C)C)O[Si](C)(C)C(C)(C)C. The van der Waals surface area contributed by atoms with Gasteiger partial charge < -0.3 is 4.43 Å². The van der Waals surface area contributed by atoms with E-state index in [0.29, 0.717) is 6.42 Å². The molecule has 0 aliphatic rings. The van der Waals surface area contributed by atoms with Crippen molar-refractivity contribution in [2.75, 3.05) is 0 Å². The lowest BCUT2D eigenvalue weighted by Crippen LogP contribution is -2.43. The highest BCUT2D eigenvalue weighted by atomic mass is 28.4. The summed E-state index contributed by atoms with van der Waals surface area (Å²) in [5.74, 6) is 9.42. The quantitative estimate of drug-likeness (QED) is 0.290. The highest BCUT2D eigenvalue weighted by molar-refractivity contribution is 6.83. The van der Waals surface area contributed by atoms with Crippen molar-refractivity contribution in [1.29, 1.82) is 0 Å². The van der Waals surface area contributed by atoms with Crippen LogP contribution >= 0.6 is 0 Å². The second-order valence-corrected chi connectivity index (χ2v) is 18.4. The fourth-order valence-corrected chi connectivity index (χ4v) is 3.64. The summed E-state index contributed by atoms with van der Waals surface area (Å²) in [6, 6.07) is 0. The molecule has 0 radical (unpaired) electrons. The molecule has 0 fully saturated rings. The summed E-state index contributed by atoms with van der Waals surface area (Å²) in [5.41, 5.74) is 3.34. The first-order valence-electron chi connectivity index (χ1n) is 9.37. The van der Waals surface area contributed by atoms with Gasteiger partial charge in [0, 0.05) is 0 Å². The minimum atomic E-state index is -1.78. The fraction of sp³-hybridized carbons (Fsp3) is 0.636. The maximum absolute atomic E-state index is 6.53. The van der Waals surface area contributed by atoms with Crippen molar-refractivity contribution in [1.82, 2.24) is 0 Å². The van der Waals surface area contributed by atoms with Crippen molar-refractivity contribution in [2.45, 2.75) is 90.8 Å². The predicted molar refractivity (Wildman–Crippen MR) is 119 cm³/mol. The molecule has 0 rings (SSSR count). The van der Waals surface area contributed by atoms with Crippen LogP contribution in [-0.2, 0) is 4.43 Å². The van der Waals surface area contributed by atoms with E-state index in [4.69, 9.17) is 4.43 Å². The van der Waals surface area contributed by atoms with Crippen molar-refractivity contribution in [3.05, 3.63) is 24.3 Å². The molecule has 0 aromatic carbocycles. The Bertz CT molecular complexity index is 564. The molecule has 0 spiro atoms. The molecule has 0 heterocycles.